The van der Waals surface area contributed by atoms with Crippen molar-refractivity contribution in [2.75, 3.05) is 27.2 Å². The standard InChI is InChI=1S/C10H19NO4/c1-10(4-5-11(2)3)14-7-8(15-10)6-9(12)13/h8H,4-7H2,1-3H3,(H,12,13). The van der Waals surface area contributed by atoms with Crippen LogP contribution in [0.15, 0.2) is 0 Å². The van der Waals surface area contributed by atoms with Crippen LogP contribution in [0.2, 0.25) is 0 Å². The van der Waals surface area contributed by atoms with Gasteiger partial charge in [-0.2, -0.15) is 0 Å². The predicted molar refractivity (Wildman–Crippen MR) is 54.7 cm³/mol. The molecule has 0 radical (unpaired) electrons. The van der Waals surface area contributed by atoms with Gasteiger partial charge in [0.05, 0.1) is 19.1 Å². The molecular weight excluding hydrogens is 198 g/mol. The molecule has 5 nitrogen and oxygen atoms in total. The molecule has 1 aliphatic rings. The number of hydrogen-bond donors (Lipinski definition) is 1. The Bertz CT molecular complexity index is 231. The second kappa shape index (κ2) is 4.92. The third-order valence-electron chi connectivity index (χ3n) is 2.41. The highest BCUT2D eigenvalue weighted by Crippen LogP contribution is 2.28. The van der Waals surface area contributed by atoms with Crippen LogP contribution in [0.25, 0.3) is 0 Å². The fourth-order valence-electron chi connectivity index (χ4n) is 1.54. The summed E-state index contributed by atoms with van der Waals surface area (Å²) in [6.45, 7) is 3.09. The summed E-state index contributed by atoms with van der Waals surface area (Å²) in [6.07, 6.45) is 0.447. The molecule has 0 aromatic rings. The van der Waals surface area contributed by atoms with Crippen LogP contribution in [0.1, 0.15) is 19.8 Å². The Morgan fingerprint density at radius 3 is 2.80 bits per heavy atom. The maximum absolute atomic E-state index is 10.5. The molecule has 15 heavy (non-hydrogen) atoms. The molecule has 1 rings (SSSR count). The third-order valence-corrected chi connectivity index (χ3v) is 2.41. The minimum Gasteiger partial charge on any atom is -0.481 e. The molecule has 1 fully saturated rings. The van der Waals surface area contributed by atoms with Gasteiger partial charge in [0.15, 0.2) is 5.79 Å². The van der Waals surface area contributed by atoms with Gasteiger partial charge in [0.1, 0.15) is 0 Å². The van der Waals surface area contributed by atoms with Crippen LogP contribution in [0.5, 0.6) is 0 Å². The zero-order valence-electron chi connectivity index (χ0n) is 9.52. The van der Waals surface area contributed by atoms with Crippen LogP contribution in [-0.4, -0.2) is 55.1 Å². The van der Waals surface area contributed by atoms with Crippen LogP contribution in [0.3, 0.4) is 0 Å². The lowest BCUT2D eigenvalue weighted by atomic mass is 10.2. The fourth-order valence-corrected chi connectivity index (χ4v) is 1.54. The first-order valence-electron chi connectivity index (χ1n) is 5.09. The minimum atomic E-state index is -0.847. The highest BCUT2D eigenvalue weighted by Gasteiger charge is 2.37. The molecule has 0 bridgehead atoms. The topological polar surface area (TPSA) is 59.0 Å². The summed E-state index contributed by atoms with van der Waals surface area (Å²) in [4.78, 5) is 12.5. The predicted octanol–water partition coefficient (Wildman–Crippen LogP) is 0.544. The maximum atomic E-state index is 10.5. The van der Waals surface area contributed by atoms with Crippen molar-refractivity contribution in [3.63, 3.8) is 0 Å². The van der Waals surface area contributed by atoms with E-state index < -0.39 is 11.8 Å². The lowest BCUT2D eigenvalue weighted by Gasteiger charge is -2.24. The summed E-state index contributed by atoms with van der Waals surface area (Å²) in [6, 6.07) is 0. The van der Waals surface area contributed by atoms with Gasteiger partial charge >= 0.3 is 5.97 Å². The third kappa shape index (κ3) is 4.15. The molecule has 0 amide bonds. The molecule has 1 heterocycles. The normalized spacial score (nSPS) is 31.1. The number of ether oxygens (including phenoxy) is 2. The lowest BCUT2D eigenvalue weighted by Crippen LogP contribution is -2.31. The molecule has 2 atom stereocenters. The average molecular weight is 217 g/mol. The van der Waals surface area contributed by atoms with Gasteiger partial charge in [-0.3, -0.25) is 4.79 Å². The second-order valence-electron chi connectivity index (χ2n) is 4.34. The van der Waals surface area contributed by atoms with Crippen molar-refractivity contribution in [1.82, 2.24) is 4.90 Å². The van der Waals surface area contributed by atoms with Crippen LogP contribution >= 0.6 is 0 Å². The largest absolute Gasteiger partial charge is 0.481 e. The van der Waals surface area contributed by atoms with E-state index >= 15 is 0 Å². The van der Waals surface area contributed by atoms with Crippen LogP contribution in [-0.2, 0) is 14.3 Å². The molecule has 2 unspecified atom stereocenters. The number of carboxylic acid groups (broad SMARTS) is 1. The Balaban J connectivity index is 2.35. The summed E-state index contributed by atoms with van der Waals surface area (Å²) in [5, 5.41) is 8.62. The number of rotatable bonds is 5. The Hall–Kier alpha value is -0.650. The number of nitrogens with zero attached hydrogens (tertiary/aromatic N) is 1. The molecule has 0 spiro atoms. The van der Waals surface area contributed by atoms with Crippen molar-refractivity contribution in [3.8, 4) is 0 Å². The molecule has 1 N–H and O–H groups in total. The smallest absolute Gasteiger partial charge is 0.306 e. The van der Waals surface area contributed by atoms with Gasteiger partial charge in [-0.15, -0.1) is 0 Å². The molecular formula is C10H19NO4. The van der Waals surface area contributed by atoms with Gasteiger partial charge in [-0.1, -0.05) is 0 Å². The monoisotopic (exact) mass is 217 g/mol. The first-order valence-corrected chi connectivity index (χ1v) is 5.09. The van der Waals surface area contributed by atoms with Crippen molar-refractivity contribution in [1.29, 1.82) is 0 Å². The van der Waals surface area contributed by atoms with E-state index in [1.165, 1.54) is 0 Å². The molecule has 1 saturated heterocycles. The van der Waals surface area contributed by atoms with Crippen molar-refractivity contribution in [3.05, 3.63) is 0 Å². The van der Waals surface area contributed by atoms with Crippen molar-refractivity contribution in [2.45, 2.75) is 31.7 Å². The number of carboxylic acids is 1. The zero-order valence-corrected chi connectivity index (χ0v) is 9.52. The number of hydrogen-bond acceptors (Lipinski definition) is 4. The van der Waals surface area contributed by atoms with Crippen molar-refractivity contribution < 1.29 is 19.4 Å². The van der Waals surface area contributed by atoms with Crippen LogP contribution < -0.4 is 0 Å². The SMILES string of the molecule is CN(C)CCC1(C)OCC(CC(=O)O)O1. The molecule has 5 heteroatoms. The summed E-state index contributed by atoms with van der Waals surface area (Å²) in [7, 11) is 3.96. The Labute approximate surface area is 90.0 Å². The Morgan fingerprint density at radius 2 is 2.27 bits per heavy atom. The quantitative estimate of drug-likeness (QED) is 0.728. The van der Waals surface area contributed by atoms with E-state index in [1.54, 1.807) is 0 Å². The highest BCUT2D eigenvalue weighted by molar-refractivity contribution is 5.67. The van der Waals surface area contributed by atoms with E-state index in [-0.39, 0.29) is 12.5 Å². The second-order valence-corrected chi connectivity index (χ2v) is 4.34. The summed E-state index contributed by atoms with van der Waals surface area (Å²) in [5.74, 6) is -1.47. The molecule has 0 aromatic carbocycles. The maximum Gasteiger partial charge on any atom is 0.306 e. The molecule has 88 valence electrons. The summed E-state index contributed by atoms with van der Waals surface area (Å²) >= 11 is 0. The Kier molecular flexibility index (Phi) is 4.07. The van der Waals surface area contributed by atoms with E-state index in [0.29, 0.717) is 6.61 Å². The van der Waals surface area contributed by atoms with E-state index in [4.69, 9.17) is 14.6 Å². The number of carbonyl (C=O) groups is 1. The van der Waals surface area contributed by atoms with Gasteiger partial charge in [-0.05, 0) is 21.0 Å². The van der Waals surface area contributed by atoms with Gasteiger partial charge in [-0.25, -0.2) is 0 Å². The molecule has 0 saturated carbocycles. The van der Waals surface area contributed by atoms with Gasteiger partial charge in [0, 0.05) is 13.0 Å². The zero-order chi connectivity index (χ0) is 11.5. The van der Waals surface area contributed by atoms with E-state index in [0.717, 1.165) is 13.0 Å². The number of aliphatic carboxylic acids is 1. The average Bonchev–Trinajstić information content (AvgIpc) is 2.44. The molecule has 0 aromatic heterocycles. The van der Waals surface area contributed by atoms with E-state index in [9.17, 15) is 4.79 Å². The highest BCUT2D eigenvalue weighted by atomic mass is 16.7. The first-order chi connectivity index (χ1) is 6.91. The van der Waals surface area contributed by atoms with Crippen molar-refractivity contribution in [2.24, 2.45) is 0 Å². The van der Waals surface area contributed by atoms with Gasteiger partial charge < -0.3 is 19.5 Å². The van der Waals surface area contributed by atoms with Crippen LogP contribution in [0.4, 0.5) is 0 Å². The van der Waals surface area contributed by atoms with Crippen molar-refractivity contribution >= 4 is 5.97 Å². The first kappa shape index (κ1) is 12.4. The fraction of sp³-hybridized carbons (Fsp3) is 0.900. The van der Waals surface area contributed by atoms with Gasteiger partial charge in [0.2, 0.25) is 0 Å². The summed E-state index contributed by atoms with van der Waals surface area (Å²) < 4.78 is 11.1. The summed E-state index contributed by atoms with van der Waals surface area (Å²) in [5.41, 5.74) is 0. The Morgan fingerprint density at radius 1 is 1.60 bits per heavy atom. The molecule has 0 aliphatic carbocycles. The molecule has 1 aliphatic heterocycles. The minimum absolute atomic E-state index is 0.0115. The van der Waals surface area contributed by atoms with Gasteiger partial charge in [0.25, 0.3) is 0 Å². The lowest BCUT2D eigenvalue weighted by molar-refractivity contribution is -0.164. The van der Waals surface area contributed by atoms with E-state index in [1.807, 2.05) is 25.9 Å². The van der Waals surface area contributed by atoms with Crippen LogP contribution in [0, 0.1) is 0 Å². The van der Waals surface area contributed by atoms with E-state index in [2.05, 4.69) is 0 Å².